The van der Waals surface area contributed by atoms with Crippen molar-refractivity contribution < 1.29 is 4.79 Å². The summed E-state index contributed by atoms with van der Waals surface area (Å²) >= 11 is 15.7. The Kier molecular flexibility index (Phi) is 3.82. The fourth-order valence-corrected chi connectivity index (χ4v) is 0.425. The number of ketones is 1. The second kappa shape index (κ2) is 3.62. The van der Waals surface area contributed by atoms with Crippen LogP contribution in [-0.2, 0) is 4.79 Å². The monoisotopic (exact) mass is 189 g/mol. The molecule has 5 heteroatoms. The molecule has 1 N–H and O–H groups in total. The number of nitrogens with one attached hydrogen (secondary N) is 1. The molecular formula is C4H6Cl3NO. The van der Waals surface area contributed by atoms with Crippen LogP contribution in [0.4, 0.5) is 0 Å². The lowest BCUT2D eigenvalue weighted by atomic mass is 10.5. The summed E-state index contributed by atoms with van der Waals surface area (Å²) in [4.78, 5) is 10.3. The number of rotatable bonds is 2. The van der Waals surface area contributed by atoms with Gasteiger partial charge in [-0.3, -0.25) is 10.1 Å². The van der Waals surface area contributed by atoms with Crippen molar-refractivity contribution in [2.75, 3.05) is 6.54 Å². The van der Waals surface area contributed by atoms with Crippen LogP contribution in [0.15, 0.2) is 0 Å². The highest BCUT2D eigenvalue weighted by Crippen LogP contribution is 2.20. The molecule has 0 aliphatic carbocycles. The average Bonchev–Trinajstić information content (AvgIpc) is 1.59. The standard InChI is InChI=1S/C4H6Cl3NO/c1-3(9)2-8-4(5,6)7/h8H,2H2,1H3. The highest BCUT2D eigenvalue weighted by Gasteiger charge is 2.17. The number of carbonyl (C=O) groups is 1. The molecule has 0 aliphatic rings. The van der Waals surface area contributed by atoms with Crippen molar-refractivity contribution in [3.05, 3.63) is 0 Å². The molecule has 0 saturated heterocycles. The van der Waals surface area contributed by atoms with Gasteiger partial charge in [0.1, 0.15) is 5.78 Å². The molecule has 0 fully saturated rings. The van der Waals surface area contributed by atoms with Gasteiger partial charge in [-0.05, 0) is 6.92 Å². The van der Waals surface area contributed by atoms with Crippen LogP contribution in [0.5, 0.6) is 0 Å². The topological polar surface area (TPSA) is 29.1 Å². The summed E-state index contributed by atoms with van der Waals surface area (Å²) < 4.78 is -1.52. The van der Waals surface area contributed by atoms with Crippen LogP contribution in [0.1, 0.15) is 6.92 Å². The molecule has 0 aliphatic heterocycles. The lowest BCUT2D eigenvalue weighted by Gasteiger charge is -2.10. The minimum Gasteiger partial charge on any atom is -0.299 e. The molecule has 0 heterocycles. The molecule has 0 aromatic rings. The van der Waals surface area contributed by atoms with E-state index in [-0.39, 0.29) is 12.3 Å². The molecule has 0 bridgehead atoms. The summed E-state index contributed by atoms with van der Waals surface area (Å²) in [6, 6.07) is 0. The van der Waals surface area contributed by atoms with E-state index in [1.165, 1.54) is 6.92 Å². The molecule has 54 valence electrons. The molecular weight excluding hydrogens is 184 g/mol. The Balaban J connectivity index is 3.39. The second-order valence-corrected chi connectivity index (χ2v) is 3.83. The lowest BCUT2D eigenvalue weighted by molar-refractivity contribution is -0.116. The van der Waals surface area contributed by atoms with Gasteiger partial charge in [0.2, 0.25) is 3.92 Å². The third kappa shape index (κ3) is 8.50. The first kappa shape index (κ1) is 9.50. The molecule has 0 unspecified atom stereocenters. The van der Waals surface area contributed by atoms with Crippen molar-refractivity contribution in [2.45, 2.75) is 10.8 Å². The molecule has 0 aromatic carbocycles. The number of alkyl halides is 3. The Morgan fingerprint density at radius 1 is 1.56 bits per heavy atom. The summed E-state index contributed by atoms with van der Waals surface area (Å²) in [5, 5.41) is 2.37. The van der Waals surface area contributed by atoms with Gasteiger partial charge in [-0.2, -0.15) is 0 Å². The van der Waals surface area contributed by atoms with E-state index in [4.69, 9.17) is 34.8 Å². The first-order chi connectivity index (χ1) is 3.92. The van der Waals surface area contributed by atoms with Crippen LogP contribution < -0.4 is 5.32 Å². The predicted octanol–water partition coefficient (Wildman–Crippen LogP) is 1.49. The van der Waals surface area contributed by atoms with E-state index in [1.54, 1.807) is 0 Å². The Morgan fingerprint density at radius 3 is 2.11 bits per heavy atom. The molecule has 0 amide bonds. The maximum Gasteiger partial charge on any atom is 0.245 e. The van der Waals surface area contributed by atoms with Gasteiger partial charge in [-0.1, -0.05) is 34.8 Å². The van der Waals surface area contributed by atoms with Crippen molar-refractivity contribution in [1.82, 2.24) is 5.32 Å². The van der Waals surface area contributed by atoms with Crippen molar-refractivity contribution in [3.63, 3.8) is 0 Å². The molecule has 0 atom stereocenters. The zero-order valence-electron chi connectivity index (χ0n) is 4.75. The number of carbonyl (C=O) groups excluding carboxylic acids is 1. The minimum absolute atomic E-state index is 0.0682. The number of hydrogen-bond acceptors (Lipinski definition) is 2. The van der Waals surface area contributed by atoms with Crippen LogP contribution >= 0.6 is 34.8 Å². The van der Waals surface area contributed by atoms with E-state index < -0.39 is 3.92 Å². The molecule has 0 spiro atoms. The first-order valence-corrected chi connectivity index (χ1v) is 3.36. The highest BCUT2D eigenvalue weighted by molar-refractivity contribution is 6.67. The number of halogens is 3. The minimum atomic E-state index is -1.52. The number of hydrogen-bond donors (Lipinski definition) is 1. The van der Waals surface area contributed by atoms with Crippen molar-refractivity contribution >= 4 is 40.6 Å². The van der Waals surface area contributed by atoms with E-state index in [1.807, 2.05) is 0 Å². The lowest BCUT2D eigenvalue weighted by Crippen LogP contribution is -2.32. The van der Waals surface area contributed by atoms with Gasteiger partial charge in [0.05, 0.1) is 6.54 Å². The largest absolute Gasteiger partial charge is 0.299 e. The van der Waals surface area contributed by atoms with Crippen LogP contribution in [0.2, 0.25) is 0 Å². The Hall–Kier alpha value is 0.500. The maximum absolute atomic E-state index is 10.3. The van der Waals surface area contributed by atoms with Gasteiger partial charge in [-0.25, -0.2) is 0 Å². The molecule has 0 radical (unpaired) electrons. The summed E-state index contributed by atoms with van der Waals surface area (Å²) in [5.41, 5.74) is 0. The average molecular weight is 190 g/mol. The molecule has 0 saturated carbocycles. The van der Waals surface area contributed by atoms with E-state index in [0.29, 0.717) is 0 Å². The summed E-state index contributed by atoms with van der Waals surface area (Å²) in [5.74, 6) is -0.0682. The van der Waals surface area contributed by atoms with Gasteiger partial charge in [-0.15, -0.1) is 0 Å². The smallest absolute Gasteiger partial charge is 0.245 e. The van der Waals surface area contributed by atoms with Crippen LogP contribution in [-0.4, -0.2) is 16.2 Å². The van der Waals surface area contributed by atoms with Crippen molar-refractivity contribution in [2.24, 2.45) is 0 Å². The van der Waals surface area contributed by atoms with Crippen molar-refractivity contribution in [3.8, 4) is 0 Å². The van der Waals surface area contributed by atoms with Crippen LogP contribution in [0.3, 0.4) is 0 Å². The zero-order valence-corrected chi connectivity index (χ0v) is 7.02. The van der Waals surface area contributed by atoms with Gasteiger partial charge >= 0.3 is 0 Å². The zero-order chi connectivity index (χ0) is 7.49. The maximum atomic E-state index is 10.3. The van der Waals surface area contributed by atoms with Crippen LogP contribution in [0, 0.1) is 0 Å². The quantitative estimate of drug-likeness (QED) is 0.528. The molecule has 0 aromatic heterocycles. The normalized spacial score (nSPS) is 11.6. The number of Topliss-reactive ketones (excluding diaryl/α,β-unsaturated/α-hetero) is 1. The third-order valence-electron chi connectivity index (χ3n) is 0.538. The van der Waals surface area contributed by atoms with Crippen molar-refractivity contribution in [1.29, 1.82) is 0 Å². The summed E-state index contributed by atoms with van der Waals surface area (Å²) in [7, 11) is 0. The van der Waals surface area contributed by atoms with Gasteiger partial charge < -0.3 is 0 Å². The second-order valence-electron chi connectivity index (χ2n) is 1.55. The van der Waals surface area contributed by atoms with E-state index in [0.717, 1.165) is 0 Å². The van der Waals surface area contributed by atoms with Gasteiger partial charge in [0.25, 0.3) is 0 Å². The van der Waals surface area contributed by atoms with E-state index in [9.17, 15) is 4.79 Å². The Bertz CT molecular complexity index is 109. The van der Waals surface area contributed by atoms with Gasteiger partial charge in [0.15, 0.2) is 0 Å². The van der Waals surface area contributed by atoms with Gasteiger partial charge in [0, 0.05) is 0 Å². The SMILES string of the molecule is CC(=O)CNC(Cl)(Cl)Cl. The fourth-order valence-electron chi connectivity index (χ4n) is 0.225. The Labute approximate surface area is 68.5 Å². The summed E-state index contributed by atoms with van der Waals surface area (Å²) in [6.07, 6.45) is 0. The highest BCUT2D eigenvalue weighted by atomic mass is 35.6. The molecule has 9 heavy (non-hydrogen) atoms. The van der Waals surface area contributed by atoms with Crippen LogP contribution in [0.25, 0.3) is 0 Å². The Morgan fingerprint density at radius 2 is 2.00 bits per heavy atom. The van der Waals surface area contributed by atoms with E-state index in [2.05, 4.69) is 5.32 Å². The fraction of sp³-hybridized carbons (Fsp3) is 0.750. The first-order valence-electron chi connectivity index (χ1n) is 2.23. The summed E-state index contributed by atoms with van der Waals surface area (Å²) in [6.45, 7) is 1.49. The molecule has 2 nitrogen and oxygen atoms in total. The molecule has 0 rings (SSSR count). The van der Waals surface area contributed by atoms with E-state index >= 15 is 0 Å². The third-order valence-corrected chi connectivity index (χ3v) is 0.939. The predicted molar refractivity (Wildman–Crippen MR) is 39.0 cm³/mol.